The molecule has 0 aliphatic carbocycles. The van der Waals surface area contributed by atoms with Crippen LogP contribution < -0.4 is 11.2 Å². The Labute approximate surface area is 107 Å². The number of halogens is 1. The number of hydrogen-bond donors (Lipinski definition) is 2. The van der Waals surface area contributed by atoms with Gasteiger partial charge in [0.2, 0.25) is 0 Å². The minimum atomic E-state index is -0.430. The third-order valence-corrected chi connectivity index (χ3v) is 1.92. The van der Waals surface area contributed by atoms with Gasteiger partial charge in [0.05, 0.1) is 6.61 Å². The number of nitrogens with two attached hydrogens (primary N) is 1. The Balaban J connectivity index is 0.00000256. The van der Waals surface area contributed by atoms with E-state index in [2.05, 4.69) is 10.2 Å². The maximum absolute atomic E-state index is 11.2. The minimum absolute atomic E-state index is 0. The molecular weight excluding hydrogens is 244 g/mol. The highest BCUT2D eigenvalue weighted by Crippen LogP contribution is 2.00. The van der Waals surface area contributed by atoms with E-state index >= 15 is 0 Å². The first-order valence-corrected chi connectivity index (χ1v) is 5.09. The van der Waals surface area contributed by atoms with Crippen molar-refractivity contribution in [3.63, 3.8) is 0 Å². The zero-order valence-corrected chi connectivity index (χ0v) is 10.2. The van der Waals surface area contributed by atoms with E-state index < -0.39 is 6.09 Å². The van der Waals surface area contributed by atoms with Crippen LogP contribution in [-0.4, -0.2) is 19.2 Å². The van der Waals surface area contributed by atoms with Gasteiger partial charge in [-0.3, -0.25) is 0 Å². The molecule has 0 fully saturated rings. The fourth-order valence-electron chi connectivity index (χ4n) is 1.12. The summed E-state index contributed by atoms with van der Waals surface area (Å²) in [6, 6.07) is 9.51. The van der Waals surface area contributed by atoms with E-state index in [9.17, 15) is 4.79 Å². The molecule has 0 spiro atoms. The van der Waals surface area contributed by atoms with Crippen LogP contribution in [0.25, 0.3) is 0 Å². The molecule has 0 bridgehead atoms. The molecule has 3 N–H and O–H groups in total. The Morgan fingerprint density at radius 3 is 2.65 bits per heavy atom. The minimum Gasteiger partial charge on any atom is -0.445 e. The van der Waals surface area contributed by atoms with Crippen LogP contribution in [0.15, 0.2) is 30.3 Å². The molecule has 1 aromatic carbocycles. The van der Waals surface area contributed by atoms with Gasteiger partial charge in [-0.15, -0.1) is 12.4 Å². The number of hydrogen-bond acceptors (Lipinski definition) is 4. The van der Waals surface area contributed by atoms with E-state index in [0.29, 0.717) is 19.6 Å². The smallest absolute Gasteiger partial charge is 0.407 e. The lowest BCUT2D eigenvalue weighted by Crippen LogP contribution is -2.26. The van der Waals surface area contributed by atoms with E-state index in [-0.39, 0.29) is 19.0 Å². The first-order valence-electron chi connectivity index (χ1n) is 5.09. The number of carbonyl (C=O) groups excluding carboxylic acids is 1. The zero-order valence-electron chi connectivity index (χ0n) is 9.43. The fourth-order valence-corrected chi connectivity index (χ4v) is 1.12. The number of carbonyl (C=O) groups is 1. The Morgan fingerprint density at radius 2 is 2.00 bits per heavy atom. The second kappa shape index (κ2) is 9.89. The van der Waals surface area contributed by atoms with Gasteiger partial charge in [0.25, 0.3) is 0 Å². The van der Waals surface area contributed by atoms with E-state index in [4.69, 9.17) is 10.6 Å². The van der Waals surface area contributed by atoms with Crippen LogP contribution in [-0.2, 0) is 16.2 Å². The Kier molecular flexibility index (Phi) is 9.14. The zero-order chi connectivity index (χ0) is 11.6. The lowest BCUT2D eigenvalue weighted by atomic mass is 10.2. The Hall–Kier alpha value is -1.30. The van der Waals surface area contributed by atoms with Gasteiger partial charge in [-0.2, -0.15) is 0 Å². The van der Waals surface area contributed by atoms with Crippen molar-refractivity contribution >= 4 is 18.5 Å². The number of alkyl carbamates (subject to hydrolysis) is 1. The molecule has 0 atom stereocenters. The van der Waals surface area contributed by atoms with Crippen molar-refractivity contribution in [3.05, 3.63) is 35.9 Å². The number of nitrogens with one attached hydrogen (secondary N) is 1. The van der Waals surface area contributed by atoms with Gasteiger partial charge in [-0.1, -0.05) is 30.3 Å². The van der Waals surface area contributed by atoms with Gasteiger partial charge >= 0.3 is 6.09 Å². The molecule has 96 valence electrons. The molecule has 6 heteroatoms. The molecule has 0 aliphatic rings. The highest BCUT2D eigenvalue weighted by atomic mass is 35.5. The van der Waals surface area contributed by atoms with E-state index in [0.717, 1.165) is 5.56 Å². The Morgan fingerprint density at radius 1 is 1.29 bits per heavy atom. The quantitative estimate of drug-likeness (QED) is 0.602. The molecule has 0 unspecified atom stereocenters. The Bertz CT molecular complexity index is 309. The molecule has 1 aromatic rings. The number of ether oxygens (including phenoxy) is 1. The summed E-state index contributed by atoms with van der Waals surface area (Å²) in [5.74, 6) is 4.84. The first-order chi connectivity index (χ1) is 7.83. The van der Waals surface area contributed by atoms with Crippen LogP contribution >= 0.6 is 12.4 Å². The number of rotatable bonds is 6. The predicted molar refractivity (Wildman–Crippen MR) is 66.6 cm³/mol. The summed E-state index contributed by atoms with van der Waals surface area (Å²) in [7, 11) is 0. The molecule has 0 saturated carbocycles. The predicted octanol–water partition coefficient (Wildman–Crippen LogP) is 1.62. The molecule has 17 heavy (non-hydrogen) atoms. The molecular formula is C11H17ClN2O3. The molecule has 1 amide bonds. The van der Waals surface area contributed by atoms with Crippen LogP contribution in [0.5, 0.6) is 0 Å². The molecule has 1 rings (SSSR count). The molecule has 5 nitrogen and oxygen atoms in total. The highest BCUT2D eigenvalue weighted by Gasteiger charge is 2.00. The van der Waals surface area contributed by atoms with Gasteiger partial charge in [0, 0.05) is 6.54 Å². The van der Waals surface area contributed by atoms with Crippen LogP contribution in [0.1, 0.15) is 12.0 Å². The van der Waals surface area contributed by atoms with Crippen molar-refractivity contribution in [2.45, 2.75) is 13.0 Å². The number of amides is 1. The van der Waals surface area contributed by atoms with E-state index in [1.54, 1.807) is 0 Å². The van der Waals surface area contributed by atoms with Crippen molar-refractivity contribution in [2.24, 2.45) is 5.90 Å². The van der Waals surface area contributed by atoms with Gasteiger partial charge < -0.3 is 14.9 Å². The maximum Gasteiger partial charge on any atom is 0.407 e. The lowest BCUT2D eigenvalue weighted by Gasteiger charge is -2.06. The maximum atomic E-state index is 11.2. The molecule has 0 saturated heterocycles. The van der Waals surface area contributed by atoms with Crippen LogP contribution in [0, 0.1) is 0 Å². The van der Waals surface area contributed by atoms with Crippen LogP contribution in [0.4, 0.5) is 4.79 Å². The van der Waals surface area contributed by atoms with Crippen molar-refractivity contribution in [2.75, 3.05) is 13.2 Å². The SMILES string of the molecule is Cl.NOCCCNC(=O)OCc1ccccc1. The highest BCUT2D eigenvalue weighted by molar-refractivity contribution is 5.85. The van der Waals surface area contributed by atoms with E-state index in [1.807, 2.05) is 30.3 Å². The number of benzene rings is 1. The van der Waals surface area contributed by atoms with Crippen molar-refractivity contribution in [1.82, 2.24) is 5.32 Å². The summed E-state index contributed by atoms with van der Waals surface area (Å²) in [5.41, 5.74) is 0.961. The van der Waals surface area contributed by atoms with Crippen molar-refractivity contribution in [3.8, 4) is 0 Å². The van der Waals surface area contributed by atoms with Gasteiger partial charge in [-0.05, 0) is 12.0 Å². The fraction of sp³-hybridized carbons (Fsp3) is 0.364. The lowest BCUT2D eigenvalue weighted by molar-refractivity contribution is 0.126. The normalized spacial score (nSPS) is 9.24. The summed E-state index contributed by atoms with van der Waals surface area (Å²) in [4.78, 5) is 15.5. The van der Waals surface area contributed by atoms with Crippen molar-refractivity contribution in [1.29, 1.82) is 0 Å². The summed E-state index contributed by atoms with van der Waals surface area (Å²) in [6.07, 6.45) is 0.234. The summed E-state index contributed by atoms with van der Waals surface area (Å²) < 4.78 is 4.99. The third-order valence-electron chi connectivity index (χ3n) is 1.92. The average Bonchev–Trinajstić information content (AvgIpc) is 2.33. The molecule has 0 radical (unpaired) electrons. The second-order valence-electron chi connectivity index (χ2n) is 3.21. The second-order valence-corrected chi connectivity index (χ2v) is 3.21. The topological polar surface area (TPSA) is 73.6 Å². The molecule has 0 aromatic heterocycles. The molecule has 0 aliphatic heterocycles. The monoisotopic (exact) mass is 260 g/mol. The van der Waals surface area contributed by atoms with Crippen LogP contribution in [0.3, 0.4) is 0 Å². The van der Waals surface area contributed by atoms with Gasteiger partial charge in [-0.25, -0.2) is 10.7 Å². The molecule has 0 heterocycles. The van der Waals surface area contributed by atoms with Gasteiger partial charge in [0.15, 0.2) is 0 Å². The average molecular weight is 261 g/mol. The standard InChI is InChI=1S/C11H16N2O3.ClH/c12-16-8-4-7-13-11(14)15-9-10-5-2-1-3-6-10;/h1-3,5-6H,4,7-9,12H2,(H,13,14);1H. The van der Waals surface area contributed by atoms with Gasteiger partial charge in [0.1, 0.15) is 6.61 Å². The summed E-state index contributed by atoms with van der Waals surface area (Å²) >= 11 is 0. The van der Waals surface area contributed by atoms with Crippen LogP contribution in [0.2, 0.25) is 0 Å². The largest absolute Gasteiger partial charge is 0.445 e. The van der Waals surface area contributed by atoms with Crippen molar-refractivity contribution < 1.29 is 14.4 Å². The summed E-state index contributed by atoms with van der Waals surface area (Å²) in [6.45, 7) is 1.18. The first kappa shape index (κ1) is 15.7. The third kappa shape index (κ3) is 7.57. The van der Waals surface area contributed by atoms with E-state index in [1.165, 1.54) is 0 Å². The summed E-state index contributed by atoms with van der Waals surface area (Å²) in [5, 5.41) is 2.59.